The van der Waals surface area contributed by atoms with Gasteiger partial charge in [-0.25, -0.2) is 0 Å². The summed E-state index contributed by atoms with van der Waals surface area (Å²) in [6.45, 7) is 2.44. The van der Waals surface area contributed by atoms with Gasteiger partial charge in [0.15, 0.2) is 11.1 Å². The highest BCUT2D eigenvalue weighted by Gasteiger charge is 2.05. The Labute approximate surface area is 135 Å². The molecule has 6 nitrogen and oxygen atoms in total. The maximum atomic E-state index is 6.05. The molecule has 0 saturated carbocycles. The van der Waals surface area contributed by atoms with Crippen LogP contribution in [-0.4, -0.2) is 35.9 Å². The van der Waals surface area contributed by atoms with Gasteiger partial charge in [-0.15, -0.1) is 0 Å². The SMILES string of the molecule is COC(C)NC(=NCCCc1ncccc1Cl)NC(N)=S. The van der Waals surface area contributed by atoms with Crippen molar-refractivity contribution in [2.45, 2.75) is 26.0 Å². The molecule has 21 heavy (non-hydrogen) atoms. The van der Waals surface area contributed by atoms with Gasteiger partial charge in [-0.2, -0.15) is 0 Å². The van der Waals surface area contributed by atoms with E-state index < -0.39 is 0 Å². The minimum Gasteiger partial charge on any atom is -0.376 e. The number of aliphatic imine (C=N–C) groups is 1. The molecule has 4 N–H and O–H groups in total. The quantitative estimate of drug-likeness (QED) is 0.241. The van der Waals surface area contributed by atoms with E-state index in [-0.39, 0.29) is 11.3 Å². The fraction of sp³-hybridized carbons (Fsp3) is 0.462. The number of guanidine groups is 1. The van der Waals surface area contributed by atoms with Crippen LogP contribution in [0.25, 0.3) is 0 Å². The number of methoxy groups -OCH3 is 1. The molecular formula is C13H20ClN5OS. The molecule has 1 heterocycles. The zero-order valence-electron chi connectivity index (χ0n) is 12.1. The van der Waals surface area contributed by atoms with Gasteiger partial charge in [-0.3, -0.25) is 9.98 Å². The number of halogens is 1. The molecule has 0 spiro atoms. The molecule has 0 fully saturated rings. The Kier molecular flexibility index (Phi) is 7.96. The Bertz CT molecular complexity index is 497. The second-order valence-corrected chi connectivity index (χ2v) is 5.12. The van der Waals surface area contributed by atoms with Crippen LogP contribution in [0.4, 0.5) is 0 Å². The van der Waals surface area contributed by atoms with Gasteiger partial charge in [-0.05, 0) is 44.1 Å². The van der Waals surface area contributed by atoms with Crippen molar-refractivity contribution in [3.63, 3.8) is 0 Å². The summed E-state index contributed by atoms with van der Waals surface area (Å²) in [6, 6.07) is 3.64. The lowest BCUT2D eigenvalue weighted by Crippen LogP contribution is -2.47. The van der Waals surface area contributed by atoms with Gasteiger partial charge >= 0.3 is 0 Å². The average molecular weight is 330 g/mol. The van der Waals surface area contributed by atoms with Gasteiger partial charge < -0.3 is 21.1 Å². The number of nitrogens with one attached hydrogen (secondary N) is 2. The first-order chi connectivity index (χ1) is 10.0. The van der Waals surface area contributed by atoms with Crippen LogP contribution in [0.2, 0.25) is 5.02 Å². The summed E-state index contributed by atoms with van der Waals surface area (Å²) in [5.74, 6) is 0.490. The number of nitrogens with zero attached hydrogens (tertiary/aromatic N) is 2. The monoisotopic (exact) mass is 329 g/mol. The highest BCUT2D eigenvalue weighted by atomic mass is 35.5. The summed E-state index contributed by atoms with van der Waals surface area (Å²) in [7, 11) is 1.60. The summed E-state index contributed by atoms with van der Waals surface area (Å²) in [5, 5.41) is 6.62. The van der Waals surface area contributed by atoms with Crippen LogP contribution in [0, 0.1) is 0 Å². The number of ether oxygens (including phenoxy) is 1. The summed E-state index contributed by atoms with van der Waals surface area (Å²) in [5.41, 5.74) is 6.33. The van der Waals surface area contributed by atoms with E-state index in [9.17, 15) is 0 Å². The molecule has 1 aromatic rings. The fourth-order valence-electron chi connectivity index (χ4n) is 1.53. The third kappa shape index (κ3) is 7.22. The van der Waals surface area contributed by atoms with Crippen LogP contribution < -0.4 is 16.4 Å². The molecule has 0 aliphatic carbocycles. The first kappa shape index (κ1) is 17.6. The Balaban J connectivity index is 2.49. The third-order valence-electron chi connectivity index (χ3n) is 2.61. The minimum atomic E-state index is -0.198. The molecule has 1 aromatic heterocycles. The standard InChI is InChI=1S/C13H20ClN5OS/c1-9(20-2)18-13(19-12(15)21)17-8-4-6-11-10(14)5-3-7-16-11/h3,5,7,9H,4,6,8H2,1-2H3,(H4,15,17,18,19,21). The van der Waals surface area contributed by atoms with Crippen molar-refractivity contribution in [3.8, 4) is 0 Å². The first-order valence-corrected chi connectivity index (χ1v) is 7.31. The van der Waals surface area contributed by atoms with Gasteiger partial charge in [0.05, 0.1) is 10.7 Å². The summed E-state index contributed by atoms with van der Waals surface area (Å²) >= 11 is 10.9. The molecule has 116 valence electrons. The number of aromatic nitrogens is 1. The van der Waals surface area contributed by atoms with Crippen molar-refractivity contribution in [3.05, 3.63) is 29.0 Å². The molecule has 0 radical (unpaired) electrons. The largest absolute Gasteiger partial charge is 0.376 e. The van der Waals surface area contributed by atoms with Crippen LogP contribution >= 0.6 is 23.8 Å². The van der Waals surface area contributed by atoms with Crippen LogP contribution in [0.3, 0.4) is 0 Å². The average Bonchev–Trinajstić information content (AvgIpc) is 2.44. The van der Waals surface area contributed by atoms with E-state index in [4.69, 9.17) is 34.3 Å². The number of hydrogen-bond acceptors (Lipinski definition) is 4. The maximum absolute atomic E-state index is 6.05. The topological polar surface area (TPSA) is 84.6 Å². The van der Waals surface area contributed by atoms with E-state index in [1.54, 1.807) is 13.3 Å². The van der Waals surface area contributed by atoms with E-state index in [0.29, 0.717) is 17.5 Å². The highest BCUT2D eigenvalue weighted by molar-refractivity contribution is 7.80. The lowest BCUT2D eigenvalue weighted by molar-refractivity contribution is 0.106. The smallest absolute Gasteiger partial charge is 0.199 e. The molecule has 0 aliphatic rings. The van der Waals surface area contributed by atoms with Crippen LogP contribution in [-0.2, 0) is 11.2 Å². The Morgan fingerprint density at radius 2 is 2.38 bits per heavy atom. The number of hydrogen-bond donors (Lipinski definition) is 3. The Morgan fingerprint density at radius 3 is 3.00 bits per heavy atom. The van der Waals surface area contributed by atoms with Crippen LogP contribution in [0.1, 0.15) is 19.0 Å². The molecule has 0 aliphatic heterocycles. The lowest BCUT2D eigenvalue weighted by atomic mass is 10.2. The van der Waals surface area contributed by atoms with E-state index >= 15 is 0 Å². The number of rotatable bonds is 6. The van der Waals surface area contributed by atoms with E-state index in [1.807, 2.05) is 19.1 Å². The third-order valence-corrected chi connectivity index (χ3v) is 3.06. The molecule has 8 heteroatoms. The zero-order chi connectivity index (χ0) is 15.7. The molecule has 1 unspecified atom stereocenters. The number of thiocarbonyl (C=S) groups is 1. The van der Waals surface area contributed by atoms with Crippen molar-refractivity contribution >= 4 is 34.9 Å². The molecule has 0 amide bonds. The van der Waals surface area contributed by atoms with E-state index in [2.05, 4.69) is 20.6 Å². The highest BCUT2D eigenvalue weighted by Crippen LogP contribution is 2.13. The fourth-order valence-corrected chi connectivity index (χ4v) is 1.84. The molecular weight excluding hydrogens is 310 g/mol. The summed E-state index contributed by atoms with van der Waals surface area (Å²) in [4.78, 5) is 8.61. The van der Waals surface area contributed by atoms with E-state index in [0.717, 1.165) is 18.5 Å². The molecule has 0 bridgehead atoms. The first-order valence-electron chi connectivity index (χ1n) is 6.52. The Morgan fingerprint density at radius 1 is 1.62 bits per heavy atom. The van der Waals surface area contributed by atoms with Crippen molar-refractivity contribution in [2.24, 2.45) is 10.7 Å². The molecule has 1 rings (SSSR count). The predicted molar refractivity (Wildman–Crippen MR) is 89.4 cm³/mol. The van der Waals surface area contributed by atoms with E-state index in [1.165, 1.54) is 0 Å². The number of aryl methyl sites for hydroxylation is 1. The van der Waals surface area contributed by atoms with Crippen molar-refractivity contribution < 1.29 is 4.74 Å². The maximum Gasteiger partial charge on any atom is 0.199 e. The van der Waals surface area contributed by atoms with Gasteiger partial charge in [0, 0.05) is 19.9 Å². The minimum absolute atomic E-state index is 0.150. The van der Waals surface area contributed by atoms with Gasteiger partial charge in [0.25, 0.3) is 0 Å². The van der Waals surface area contributed by atoms with Crippen LogP contribution in [0.15, 0.2) is 23.3 Å². The van der Waals surface area contributed by atoms with Crippen LogP contribution in [0.5, 0.6) is 0 Å². The Hall–Kier alpha value is -1.44. The zero-order valence-corrected chi connectivity index (χ0v) is 13.7. The van der Waals surface area contributed by atoms with Gasteiger partial charge in [0.1, 0.15) is 6.23 Å². The number of pyridine rings is 1. The van der Waals surface area contributed by atoms with Crippen molar-refractivity contribution in [1.82, 2.24) is 15.6 Å². The summed E-state index contributed by atoms with van der Waals surface area (Å²) in [6.07, 6.45) is 3.09. The van der Waals surface area contributed by atoms with Gasteiger partial charge in [-0.1, -0.05) is 11.6 Å². The molecule has 0 saturated heterocycles. The molecule has 1 atom stereocenters. The van der Waals surface area contributed by atoms with Gasteiger partial charge in [0.2, 0.25) is 0 Å². The predicted octanol–water partition coefficient (Wildman–Crippen LogP) is 1.44. The normalized spacial score (nSPS) is 12.8. The molecule has 0 aromatic carbocycles. The number of nitrogens with two attached hydrogens (primary N) is 1. The van der Waals surface area contributed by atoms with Crippen molar-refractivity contribution in [2.75, 3.05) is 13.7 Å². The summed E-state index contributed by atoms with van der Waals surface area (Å²) < 4.78 is 5.11. The van der Waals surface area contributed by atoms with Crippen molar-refractivity contribution in [1.29, 1.82) is 0 Å². The lowest BCUT2D eigenvalue weighted by Gasteiger charge is -2.16. The second kappa shape index (κ2) is 9.49. The second-order valence-electron chi connectivity index (χ2n) is 4.28.